The van der Waals surface area contributed by atoms with Gasteiger partial charge in [-0.25, -0.2) is 0 Å². The van der Waals surface area contributed by atoms with E-state index in [2.05, 4.69) is 45.0 Å². The van der Waals surface area contributed by atoms with Gasteiger partial charge in [-0.05, 0) is 45.6 Å². The fourth-order valence-corrected chi connectivity index (χ4v) is 3.51. The van der Waals surface area contributed by atoms with Crippen LogP contribution in [0.3, 0.4) is 0 Å². The quantitative estimate of drug-likeness (QED) is 0.746. The van der Waals surface area contributed by atoms with Crippen molar-refractivity contribution >= 4 is 0 Å². The molecule has 0 amide bonds. The van der Waals surface area contributed by atoms with Crippen LogP contribution in [-0.2, 0) is 0 Å². The van der Waals surface area contributed by atoms with Gasteiger partial charge in [-0.15, -0.1) is 0 Å². The first kappa shape index (κ1) is 16.9. The van der Waals surface area contributed by atoms with E-state index in [4.69, 9.17) is 0 Å². The third kappa shape index (κ3) is 5.41. The van der Waals surface area contributed by atoms with Crippen LogP contribution >= 0.6 is 0 Å². The summed E-state index contributed by atoms with van der Waals surface area (Å²) in [7, 11) is 2.22. The van der Waals surface area contributed by atoms with Gasteiger partial charge in [-0.2, -0.15) is 0 Å². The van der Waals surface area contributed by atoms with Crippen molar-refractivity contribution in [3.8, 4) is 0 Å². The standard InChI is InChI=1S/C16H34N2O/c1-6-14-7-9-15(10-8-14)18(5)11-16(4,12-19)17-13(2)3/h13-15,17,19H,6-12H2,1-5H3. The van der Waals surface area contributed by atoms with Gasteiger partial charge in [-0.3, -0.25) is 0 Å². The molecule has 2 N–H and O–H groups in total. The molecule has 1 unspecified atom stereocenters. The molecule has 0 saturated heterocycles. The van der Waals surface area contributed by atoms with E-state index in [0.717, 1.165) is 12.5 Å². The average Bonchev–Trinajstić information content (AvgIpc) is 2.37. The lowest BCUT2D eigenvalue weighted by atomic mass is 9.83. The number of rotatable bonds is 7. The Labute approximate surface area is 119 Å². The number of nitrogens with one attached hydrogen (secondary N) is 1. The maximum atomic E-state index is 9.67. The fourth-order valence-electron chi connectivity index (χ4n) is 3.51. The van der Waals surface area contributed by atoms with Crippen LogP contribution in [0.1, 0.15) is 59.8 Å². The summed E-state index contributed by atoms with van der Waals surface area (Å²) in [6.45, 7) is 9.83. The number of hydrogen-bond acceptors (Lipinski definition) is 3. The van der Waals surface area contributed by atoms with E-state index in [1.54, 1.807) is 0 Å². The molecule has 3 heteroatoms. The highest BCUT2D eigenvalue weighted by Crippen LogP contribution is 2.29. The molecule has 1 saturated carbocycles. The van der Waals surface area contributed by atoms with Crippen molar-refractivity contribution in [2.24, 2.45) is 5.92 Å². The molecular formula is C16H34N2O. The van der Waals surface area contributed by atoms with Crippen molar-refractivity contribution in [1.29, 1.82) is 0 Å². The summed E-state index contributed by atoms with van der Waals surface area (Å²) >= 11 is 0. The summed E-state index contributed by atoms with van der Waals surface area (Å²) in [6, 6.07) is 1.10. The van der Waals surface area contributed by atoms with Crippen LogP contribution in [0.25, 0.3) is 0 Å². The lowest BCUT2D eigenvalue weighted by Crippen LogP contribution is -2.57. The molecule has 0 aromatic heterocycles. The van der Waals surface area contributed by atoms with Crippen LogP contribution in [0.2, 0.25) is 0 Å². The number of aliphatic hydroxyl groups excluding tert-OH is 1. The Morgan fingerprint density at radius 2 is 1.84 bits per heavy atom. The second-order valence-corrected chi connectivity index (χ2v) is 7.02. The Hall–Kier alpha value is -0.120. The first-order valence-electron chi connectivity index (χ1n) is 7.99. The summed E-state index contributed by atoms with van der Waals surface area (Å²) in [5.74, 6) is 0.947. The van der Waals surface area contributed by atoms with Crippen LogP contribution in [-0.4, -0.2) is 47.8 Å². The highest BCUT2D eigenvalue weighted by molar-refractivity contribution is 4.89. The number of nitrogens with zero attached hydrogens (tertiary/aromatic N) is 1. The molecule has 0 bridgehead atoms. The summed E-state index contributed by atoms with van der Waals surface area (Å²) < 4.78 is 0. The number of likely N-dealkylation sites (N-methyl/N-ethyl adjacent to an activating group) is 1. The molecule has 3 nitrogen and oxygen atoms in total. The van der Waals surface area contributed by atoms with E-state index in [9.17, 15) is 5.11 Å². The lowest BCUT2D eigenvalue weighted by molar-refractivity contribution is 0.0860. The Balaban J connectivity index is 2.46. The van der Waals surface area contributed by atoms with Gasteiger partial charge in [-0.1, -0.05) is 27.2 Å². The largest absolute Gasteiger partial charge is 0.394 e. The predicted molar refractivity (Wildman–Crippen MR) is 82.4 cm³/mol. The van der Waals surface area contributed by atoms with E-state index in [1.807, 2.05) is 0 Å². The van der Waals surface area contributed by atoms with Gasteiger partial charge in [0.05, 0.1) is 12.1 Å². The zero-order valence-electron chi connectivity index (χ0n) is 13.6. The monoisotopic (exact) mass is 270 g/mol. The fraction of sp³-hybridized carbons (Fsp3) is 1.00. The lowest BCUT2D eigenvalue weighted by Gasteiger charge is -2.40. The highest BCUT2D eigenvalue weighted by Gasteiger charge is 2.30. The molecule has 1 atom stereocenters. The van der Waals surface area contributed by atoms with Crippen LogP contribution in [0, 0.1) is 5.92 Å². The number of hydrogen-bond donors (Lipinski definition) is 2. The minimum absolute atomic E-state index is 0.190. The zero-order chi connectivity index (χ0) is 14.5. The van der Waals surface area contributed by atoms with Crippen LogP contribution in [0.4, 0.5) is 0 Å². The predicted octanol–water partition coefficient (Wildman–Crippen LogP) is 2.64. The van der Waals surface area contributed by atoms with Gasteiger partial charge in [0.25, 0.3) is 0 Å². The van der Waals surface area contributed by atoms with E-state index < -0.39 is 0 Å². The molecule has 0 aromatic carbocycles. The molecule has 0 heterocycles. The third-order valence-corrected chi connectivity index (χ3v) is 4.60. The van der Waals surface area contributed by atoms with Crippen molar-refractivity contribution in [2.75, 3.05) is 20.2 Å². The normalized spacial score (nSPS) is 27.8. The van der Waals surface area contributed by atoms with E-state index in [0.29, 0.717) is 12.1 Å². The molecule has 114 valence electrons. The molecule has 1 rings (SSSR count). The zero-order valence-corrected chi connectivity index (χ0v) is 13.6. The van der Waals surface area contributed by atoms with E-state index in [1.165, 1.54) is 32.1 Å². The van der Waals surface area contributed by atoms with Gasteiger partial charge in [0, 0.05) is 18.6 Å². The molecular weight excluding hydrogens is 236 g/mol. The van der Waals surface area contributed by atoms with Crippen molar-refractivity contribution in [3.63, 3.8) is 0 Å². The van der Waals surface area contributed by atoms with Crippen molar-refractivity contribution < 1.29 is 5.11 Å². The maximum Gasteiger partial charge on any atom is 0.0623 e. The maximum absolute atomic E-state index is 9.67. The Morgan fingerprint density at radius 1 is 1.26 bits per heavy atom. The molecule has 1 fully saturated rings. The molecule has 1 aliphatic rings. The summed E-state index contributed by atoms with van der Waals surface area (Å²) in [5, 5.41) is 13.2. The van der Waals surface area contributed by atoms with E-state index >= 15 is 0 Å². The van der Waals surface area contributed by atoms with Crippen molar-refractivity contribution in [2.45, 2.75) is 77.4 Å². The highest BCUT2D eigenvalue weighted by atomic mass is 16.3. The van der Waals surface area contributed by atoms with E-state index in [-0.39, 0.29) is 12.1 Å². The van der Waals surface area contributed by atoms with Crippen LogP contribution < -0.4 is 5.32 Å². The van der Waals surface area contributed by atoms with Gasteiger partial charge < -0.3 is 15.3 Å². The first-order valence-corrected chi connectivity index (χ1v) is 7.99. The topological polar surface area (TPSA) is 35.5 Å². The summed E-state index contributed by atoms with van der Waals surface area (Å²) in [5.41, 5.74) is -0.190. The second-order valence-electron chi connectivity index (χ2n) is 7.02. The smallest absolute Gasteiger partial charge is 0.0623 e. The third-order valence-electron chi connectivity index (χ3n) is 4.60. The molecule has 0 spiro atoms. The minimum atomic E-state index is -0.190. The average molecular weight is 270 g/mol. The van der Waals surface area contributed by atoms with Gasteiger partial charge in [0.2, 0.25) is 0 Å². The molecule has 0 aliphatic heterocycles. The SMILES string of the molecule is CCC1CCC(N(C)CC(C)(CO)NC(C)C)CC1. The summed E-state index contributed by atoms with van der Waals surface area (Å²) in [6.07, 6.45) is 6.72. The Bertz CT molecular complexity index is 249. The van der Waals surface area contributed by atoms with Crippen molar-refractivity contribution in [3.05, 3.63) is 0 Å². The molecule has 0 radical (unpaired) electrons. The van der Waals surface area contributed by atoms with Gasteiger partial charge in [0.15, 0.2) is 0 Å². The minimum Gasteiger partial charge on any atom is -0.394 e. The number of aliphatic hydroxyl groups is 1. The van der Waals surface area contributed by atoms with Crippen molar-refractivity contribution in [1.82, 2.24) is 10.2 Å². The van der Waals surface area contributed by atoms with Crippen LogP contribution in [0.15, 0.2) is 0 Å². The van der Waals surface area contributed by atoms with Gasteiger partial charge >= 0.3 is 0 Å². The molecule has 1 aliphatic carbocycles. The Kier molecular flexibility index (Phi) is 6.78. The summed E-state index contributed by atoms with van der Waals surface area (Å²) in [4.78, 5) is 2.46. The molecule has 0 aromatic rings. The first-order chi connectivity index (χ1) is 8.90. The second kappa shape index (κ2) is 7.61. The molecule has 19 heavy (non-hydrogen) atoms. The van der Waals surface area contributed by atoms with Gasteiger partial charge in [0.1, 0.15) is 0 Å². The van der Waals surface area contributed by atoms with Crippen LogP contribution in [0.5, 0.6) is 0 Å². The Morgan fingerprint density at radius 3 is 2.26 bits per heavy atom.